The van der Waals surface area contributed by atoms with Crippen molar-refractivity contribution in [1.82, 2.24) is 15.1 Å². The second-order valence-corrected chi connectivity index (χ2v) is 6.70. The third-order valence-corrected chi connectivity index (χ3v) is 4.49. The number of nitrogens with one attached hydrogen (secondary N) is 2. The van der Waals surface area contributed by atoms with E-state index in [4.69, 9.17) is 0 Å². The van der Waals surface area contributed by atoms with Gasteiger partial charge in [0.05, 0.1) is 12.6 Å². The highest BCUT2D eigenvalue weighted by atomic mass is 16.2. The average molecular weight is 376 g/mol. The van der Waals surface area contributed by atoms with E-state index in [0.717, 1.165) is 16.7 Å². The van der Waals surface area contributed by atoms with Gasteiger partial charge in [-0.15, -0.1) is 0 Å². The lowest BCUT2D eigenvalue weighted by atomic mass is 10.0. The molecule has 28 heavy (non-hydrogen) atoms. The number of rotatable bonds is 6. The summed E-state index contributed by atoms with van der Waals surface area (Å²) in [6, 6.07) is 17.0. The molecule has 0 aliphatic heterocycles. The number of amides is 2. The minimum absolute atomic E-state index is 0.204. The van der Waals surface area contributed by atoms with Gasteiger partial charge in [-0.25, -0.2) is 0 Å². The molecule has 6 nitrogen and oxygen atoms in total. The van der Waals surface area contributed by atoms with Crippen molar-refractivity contribution in [2.75, 3.05) is 5.32 Å². The molecule has 0 bridgehead atoms. The zero-order chi connectivity index (χ0) is 19.9. The summed E-state index contributed by atoms with van der Waals surface area (Å²) in [6.07, 6.45) is 4.28. The number of hydrogen-bond donors (Lipinski definition) is 2. The third-order valence-electron chi connectivity index (χ3n) is 4.49. The number of anilines is 1. The van der Waals surface area contributed by atoms with Gasteiger partial charge in [0.2, 0.25) is 0 Å². The molecule has 2 amide bonds. The Morgan fingerprint density at radius 2 is 1.86 bits per heavy atom. The van der Waals surface area contributed by atoms with Crippen LogP contribution in [0.1, 0.15) is 36.1 Å². The Balaban J connectivity index is 1.62. The van der Waals surface area contributed by atoms with Crippen LogP contribution in [0.25, 0.3) is 0 Å². The quantitative estimate of drug-likeness (QED) is 0.647. The fourth-order valence-corrected chi connectivity index (χ4v) is 2.96. The highest BCUT2D eigenvalue weighted by Crippen LogP contribution is 2.17. The maximum Gasteiger partial charge on any atom is 0.313 e. The van der Waals surface area contributed by atoms with Crippen LogP contribution in [0.3, 0.4) is 0 Å². The van der Waals surface area contributed by atoms with Crippen LogP contribution in [0.4, 0.5) is 5.69 Å². The molecule has 3 aromatic rings. The molecule has 0 radical (unpaired) electrons. The third kappa shape index (κ3) is 5.07. The minimum atomic E-state index is -0.679. The van der Waals surface area contributed by atoms with Crippen LogP contribution < -0.4 is 10.6 Å². The van der Waals surface area contributed by atoms with E-state index in [9.17, 15) is 9.59 Å². The molecule has 1 atom stereocenters. The molecule has 6 heteroatoms. The number of nitrogens with zero attached hydrogens (tertiary/aromatic N) is 2. The van der Waals surface area contributed by atoms with Crippen molar-refractivity contribution < 1.29 is 9.59 Å². The summed E-state index contributed by atoms with van der Waals surface area (Å²) in [6.45, 7) is 4.58. The van der Waals surface area contributed by atoms with E-state index < -0.39 is 11.8 Å². The van der Waals surface area contributed by atoms with Crippen molar-refractivity contribution in [3.05, 3.63) is 83.7 Å². The van der Waals surface area contributed by atoms with Gasteiger partial charge in [0.25, 0.3) is 0 Å². The van der Waals surface area contributed by atoms with Crippen LogP contribution >= 0.6 is 0 Å². The van der Waals surface area contributed by atoms with Gasteiger partial charge in [-0.05, 0) is 42.7 Å². The van der Waals surface area contributed by atoms with Crippen LogP contribution in [-0.2, 0) is 16.1 Å². The number of hydrogen-bond acceptors (Lipinski definition) is 3. The molecule has 0 fully saturated rings. The van der Waals surface area contributed by atoms with Crippen molar-refractivity contribution in [3.8, 4) is 0 Å². The predicted octanol–water partition coefficient (Wildman–Crippen LogP) is 3.45. The van der Waals surface area contributed by atoms with Crippen LogP contribution in [-0.4, -0.2) is 21.6 Å². The average Bonchev–Trinajstić information content (AvgIpc) is 3.20. The fraction of sp³-hybridized carbons (Fsp3) is 0.227. The van der Waals surface area contributed by atoms with Crippen LogP contribution in [0.2, 0.25) is 0 Å². The van der Waals surface area contributed by atoms with Gasteiger partial charge in [-0.3, -0.25) is 14.3 Å². The molecule has 0 spiro atoms. The van der Waals surface area contributed by atoms with Crippen molar-refractivity contribution >= 4 is 17.5 Å². The van der Waals surface area contributed by atoms with E-state index in [1.54, 1.807) is 16.9 Å². The molecule has 3 rings (SSSR count). The molecule has 0 aliphatic rings. The predicted molar refractivity (Wildman–Crippen MR) is 109 cm³/mol. The zero-order valence-corrected chi connectivity index (χ0v) is 16.1. The van der Waals surface area contributed by atoms with E-state index in [0.29, 0.717) is 18.7 Å². The summed E-state index contributed by atoms with van der Waals surface area (Å²) >= 11 is 0. The van der Waals surface area contributed by atoms with E-state index in [1.807, 2.05) is 68.6 Å². The standard InChI is InChI=1S/C22H24N4O2/c1-3-20(18-10-8-16(2)9-11-18)25-22(28)21(27)24-19-7-4-6-17(14-19)15-26-13-5-12-23-26/h4-14,20H,3,15H2,1-2H3,(H,24,27)(H,25,28). The first-order valence-electron chi connectivity index (χ1n) is 9.30. The summed E-state index contributed by atoms with van der Waals surface area (Å²) in [5, 5.41) is 9.65. The zero-order valence-electron chi connectivity index (χ0n) is 16.1. The van der Waals surface area contributed by atoms with Crippen LogP contribution in [0, 0.1) is 6.92 Å². The highest BCUT2D eigenvalue weighted by molar-refractivity contribution is 6.39. The van der Waals surface area contributed by atoms with Crippen LogP contribution in [0.5, 0.6) is 0 Å². The Hall–Kier alpha value is -3.41. The van der Waals surface area contributed by atoms with Gasteiger partial charge in [0.15, 0.2) is 0 Å². The largest absolute Gasteiger partial charge is 0.341 e. The molecule has 0 saturated heterocycles. The topological polar surface area (TPSA) is 76.0 Å². The maximum atomic E-state index is 12.4. The Kier molecular flexibility index (Phi) is 6.22. The molecular formula is C22H24N4O2. The van der Waals surface area contributed by atoms with Gasteiger partial charge in [0.1, 0.15) is 0 Å². The number of aryl methyl sites for hydroxylation is 1. The monoisotopic (exact) mass is 376 g/mol. The smallest absolute Gasteiger partial charge is 0.313 e. The van der Waals surface area contributed by atoms with E-state index in [-0.39, 0.29) is 6.04 Å². The minimum Gasteiger partial charge on any atom is -0.341 e. The molecule has 2 aromatic carbocycles. The van der Waals surface area contributed by atoms with E-state index >= 15 is 0 Å². The lowest BCUT2D eigenvalue weighted by Crippen LogP contribution is -2.37. The summed E-state index contributed by atoms with van der Waals surface area (Å²) in [5.41, 5.74) is 3.69. The van der Waals surface area contributed by atoms with E-state index in [2.05, 4.69) is 15.7 Å². The molecular weight excluding hydrogens is 352 g/mol. The molecule has 1 unspecified atom stereocenters. The first-order chi connectivity index (χ1) is 13.5. The number of carbonyl (C=O) groups excluding carboxylic acids is 2. The Morgan fingerprint density at radius 3 is 2.54 bits per heavy atom. The van der Waals surface area contributed by atoms with Gasteiger partial charge < -0.3 is 10.6 Å². The molecule has 1 heterocycles. The SMILES string of the molecule is CCC(NC(=O)C(=O)Nc1cccc(Cn2cccn2)c1)c1ccc(C)cc1. The fourth-order valence-electron chi connectivity index (χ4n) is 2.96. The number of benzene rings is 2. The first-order valence-corrected chi connectivity index (χ1v) is 9.30. The second kappa shape index (κ2) is 8.99. The summed E-state index contributed by atoms with van der Waals surface area (Å²) in [7, 11) is 0. The number of carbonyl (C=O) groups is 2. The molecule has 0 saturated carbocycles. The van der Waals surface area contributed by atoms with Crippen molar-refractivity contribution in [3.63, 3.8) is 0 Å². The highest BCUT2D eigenvalue weighted by Gasteiger charge is 2.19. The van der Waals surface area contributed by atoms with Gasteiger partial charge in [-0.1, -0.05) is 48.9 Å². The first kappa shape index (κ1) is 19.4. The molecule has 0 aliphatic carbocycles. The molecule has 1 aromatic heterocycles. The summed E-state index contributed by atoms with van der Waals surface area (Å²) in [4.78, 5) is 24.7. The summed E-state index contributed by atoms with van der Waals surface area (Å²) in [5.74, 6) is -1.33. The van der Waals surface area contributed by atoms with Crippen molar-refractivity contribution in [2.24, 2.45) is 0 Å². The Bertz CT molecular complexity index is 933. The Morgan fingerprint density at radius 1 is 1.07 bits per heavy atom. The van der Waals surface area contributed by atoms with E-state index in [1.165, 1.54) is 0 Å². The normalized spacial score (nSPS) is 11.6. The molecule has 144 valence electrons. The van der Waals surface area contributed by atoms with Crippen molar-refractivity contribution in [2.45, 2.75) is 32.9 Å². The Labute approximate surface area is 164 Å². The van der Waals surface area contributed by atoms with Gasteiger partial charge in [-0.2, -0.15) is 5.10 Å². The van der Waals surface area contributed by atoms with Crippen molar-refractivity contribution in [1.29, 1.82) is 0 Å². The van der Waals surface area contributed by atoms with Gasteiger partial charge >= 0.3 is 11.8 Å². The maximum absolute atomic E-state index is 12.4. The van der Waals surface area contributed by atoms with Crippen LogP contribution in [0.15, 0.2) is 67.0 Å². The number of aromatic nitrogens is 2. The molecule has 2 N–H and O–H groups in total. The lowest BCUT2D eigenvalue weighted by molar-refractivity contribution is -0.136. The van der Waals surface area contributed by atoms with Gasteiger partial charge in [0, 0.05) is 18.1 Å². The summed E-state index contributed by atoms with van der Waals surface area (Å²) < 4.78 is 1.79. The second-order valence-electron chi connectivity index (χ2n) is 6.70. The lowest BCUT2D eigenvalue weighted by Gasteiger charge is -2.17.